The summed E-state index contributed by atoms with van der Waals surface area (Å²) in [5, 5.41) is 10.1. The lowest BCUT2D eigenvalue weighted by Gasteiger charge is -2.33. The summed E-state index contributed by atoms with van der Waals surface area (Å²) in [4.78, 5) is 30.0. The summed E-state index contributed by atoms with van der Waals surface area (Å²) < 4.78 is 13.8. The quantitative estimate of drug-likeness (QED) is 0.451. The molecular weight excluding hydrogens is 189 g/mol. The molecule has 0 aliphatic rings. The van der Waals surface area contributed by atoms with Gasteiger partial charge in [-0.15, -0.1) is 0 Å². The van der Waals surface area contributed by atoms with Crippen LogP contribution < -0.4 is 20.6 Å². The molecule has 0 aromatic heterocycles. The number of aliphatic carboxylic acids is 1. The number of carbonyl (C=O) groups is 1. The predicted molar refractivity (Wildman–Crippen MR) is 29.8 cm³/mol. The van der Waals surface area contributed by atoms with Crippen LogP contribution in [0.2, 0.25) is 0 Å². The maximum atomic E-state index is 10.1. The van der Waals surface area contributed by atoms with Crippen LogP contribution in [0.15, 0.2) is 0 Å². The third kappa shape index (κ3) is 4.42. The lowest BCUT2D eigenvalue weighted by Crippen LogP contribution is -2.73. The van der Waals surface area contributed by atoms with Gasteiger partial charge in [0.2, 0.25) is 0 Å². The van der Waals surface area contributed by atoms with Crippen molar-refractivity contribution in [1.82, 2.24) is 0 Å². The second kappa shape index (κ2) is 3.97. The van der Waals surface area contributed by atoms with E-state index in [1.165, 1.54) is 0 Å². The van der Waals surface area contributed by atoms with Gasteiger partial charge in [0, 0.05) is 0 Å². The van der Waals surface area contributed by atoms with Gasteiger partial charge in [0.05, 0.1) is 7.82 Å². The van der Waals surface area contributed by atoms with Gasteiger partial charge >= 0.3 is 0 Å². The fourth-order valence-electron chi connectivity index (χ4n) is 0.469. The maximum Gasteiger partial charge on any atom is 0.151 e. The first-order valence-corrected chi connectivity index (χ1v) is 4.44. The number of carboxylic acid groups (broad SMARTS) is 1. The van der Waals surface area contributed by atoms with Gasteiger partial charge in [0.15, 0.2) is 6.04 Å². The topological polar surface area (TPSA) is 140 Å². The lowest BCUT2D eigenvalue weighted by atomic mass is 10.2. The highest BCUT2D eigenvalue weighted by Gasteiger charge is 2.18. The van der Waals surface area contributed by atoms with Crippen LogP contribution in [-0.4, -0.2) is 18.1 Å². The number of carbonyl (C=O) groups excluding carboxylic acids is 1. The highest BCUT2D eigenvalue weighted by molar-refractivity contribution is 7.43. The van der Waals surface area contributed by atoms with E-state index in [1.807, 2.05) is 0 Å². The summed E-state index contributed by atoms with van der Waals surface area (Å²) in [5.74, 6) is -1.57. The molecule has 0 saturated heterocycles. The minimum absolute atomic E-state index is 1.11. The van der Waals surface area contributed by atoms with Gasteiger partial charge < -0.3 is 34.5 Å². The van der Waals surface area contributed by atoms with Crippen LogP contribution in [0, 0.1) is 0 Å². The molecule has 0 spiro atoms. The van der Waals surface area contributed by atoms with Crippen molar-refractivity contribution >= 4 is 13.8 Å². The molecule has 0 aliphatic carbocycles. The van der Waals surface area contributed by atoms with E-state index in [0.29, 0.717) is 0 Å². The second-order valence-electron chi connectivity index (χ2n) is 2.18. The number of phosphoric ester groups is 1. The van der Waals surface area contributed by atoms with Gasteiger partial charge in [-0.05, 0) is 6.92 Å². The summed E-state index contributed by atoms with van der Waals surface area (Å²) in [6, 6.07) is -1.39. The SMILES string of the molecule is C[C@H](OP(=O)([O-])[O-])[C@H]([NH3+])C(=O)[O-]. The minimum atomic E-state index is -5.15. The van der Waals surface area contributed by atoms with Crippen molar-refractivity contribution in [3.63, 3.8) is 0 Å². The third-order valence-corrected chi connectivity index (χ3v) is 1.76. The molecule has 7 nitrogen and oxygen atoms in total. The van der Waals surface area contributed by atoms with Crippen molar-refractivity contribution in [3.8, 4) is 0 Å². The number of carboxylic acids is 1. The van der Waals surface area contributed by atoms with E-state index in [1.54, 1.807) is 0 Å². The van der Waals surface area contributed by atoms with E-state index in [2.05, 4.69) is 10.3 Å². The number of phosphoric acid groups is 1. The van der Waals surface area contributed by atoms with E-state index < -0.39 is 25.9 Å². The molecule has 0 rings (SSSR count). The first-order valence-electron chi connectivity index (χ1n) is 2.98. The first-order chi connectivity index (χ1) is 5.24. The van der Waals surface area contributed by atoms with E-state index in [-0.39, 0.29) is 0 Å². The molecule has 0 aromatic rings. The summed E-state index contributed by atoms with van der Waals surface area (Å²) in [6.07, 6.45) is -1.31. The molecule has 0 radical (unpaired) electrons. The molecule has 0 fully saturated rings. The monoisotopic (exact) mass is 197 g/mol. The van der Waals surface area contributed by atoms with Crippen LogP contribution >= 0.6 is 7.82 Å². The molecule has 0 heterocycles. The largest absolute Gasteiger partial charge is 0.790 e. The van der Waals surface area contributed by atoms with E-state index >= 15 is 0 Å². The Bertz CT molecular complexity index is 212. The van der Waals surface area contributed by atoms with Gasteiger partial charge in [-0.1, -0.05) is 0 Å². The van der Waals surface area contributed by atoms with Gasteiger partial charge in [0.25, 0.3) is 0 Å². The van der Waals surface area contributed by atoms with E-state index in [0.717, 1.165) is 6.92 Å². The number of quaternary nitrogens is 1. The molecule has 0 aliphatic heterocycles. The van der Waals surface area contributed by atoms with Crippen LogP contribution in [0.5, 0.6) is 0 Å². The molecule has 0 bridgehead atoms. The van der Waals surface area contributed by atoms with Crippen LogP contribution in [0.3, 0.4) is 0 Å². The van der Waals surface area contributed by atoms with Crippen LogP contribution in [0.4, 0.5) is 0 Å². The molecule has 0 aromatic carbocycles. The van der Waals surface area contributed by atoms with Crippen molar-refractivity contribution in [1.29, 1.82) is 0 Å². The standard InChI is InChI=1S/C4H10NO6P/c1-2(3(5)4(6)7)11-12(8,9)10/h2-3H,5H2,1H3,(H,6,7)(H2,8,9,10)/p-2/t2-,3-/m0/s1. The molecule has 0 saturated carbocycles. The Morgan fingerprint density at radius 2 is 2.00 bits per heavy atom. The number of hydrogen-bond donors (Lipinski definition) is 1. The Morgan fingerprint density at radius 3 is 2.25 bits per heavy atom. The summed E-state index contributed by atoms with van der Waals surface area (Å²) >= 11 is 0. The van der Waals surface area contributed by atoms with Gasteiger partial charge in [-0.3, -0.25) is 0 Å². The van der Waals surface area contributed by atoms with Gasteiger partial charge in [-0.25, -0.2) is 0 Å². The first kappa shape index (κ1) is 11.5. The van der Waals surface area contributed by atoms with E-state index in [4.69, 9.17) is 0 Å². The Kier molecular flexibility index (Phi) is 3.82. The molecule has 8 heteroatoms. The van der Waals surface area contributed by atoms with Gasteiger partial charge in [-0.2, -0.15) is 0 Å². The fourth-order valence-corrected chi connectivity index (χ4v) is 1.02. The molecule has 0 amide bonds. The van der Waals surface area contributed by atoms with Crippen molar-refractivity contribution in [2.75, 3.05) is 0 Å². The number of rotatable bonds is 4. The van der Waals surface area contributed by atoms with Crippen molar-refractivity contribution in [2.45, 2.75) is 19.1 Å². The Balaban J connectivity index is 4.13. The average Bonchev–Trinajstić information content (AvgIpc) is 1.82. The lowest BCUT2D eigenvalue weighted by molar-refractivity contribution is -0.452. The van der Waals surface area contributed by atoms with E-state index in [9.17, 15) is 24.3 Å². The molecule has 3 N–H and O–H groups in total. The zero-order valence-electron chi connectivity index (χ0n) is 6.26. The van der Waals surface area contributed by atoms with Crippen LogP contribution in [0.1, 0.15) is 6.92 Å². The van der Waals surface area contributed by atoms with Crippen molar-refractivity contribution in [2.24, 2.45) is 0 Å². The summed E-state index contributed by atoms with van der Waals surface area (Å²) in [7, 11) is -5.15. The van der Waals surface area contributed by atoms with Gasteiger partial charge in [0.1, 0.15) is 12.1 Å². The zero-order valence-corrected chi connectivity index (χ0v) is 7.15. The summed E-state index contributed by atoms with van der Waals surface area (Å²) in [6.45, 7) is 1.11. The van der Waals surface area contributed by atoms with Crippen molar-refractivity contribution < 1.29 is 34.5 Å². The minimum Gasteiger partial charge on any atom is -0.790 e. The molecular formula is C4H8NO6P-2. The zero-order chi connectivity index (χ0) is 9.94. The molecule has 12 heavy (non-hydrogen) atoms. The second-order valence-corrected chi connectivity index (χ2v) is 3.29. The maximum absolute atomic E-state index is 10.1. The Morgan fingerprint density at radius 1 is 1.58 bits per heavy atom. The predicted octanol–water partition coefficient (Wildman–Crippen LogP) is -4.42. The normalized spacial score (nSPS) is 17.0. The smallest absolute Gasteiger partial charge is 0.151 e. The molecule has 0 unspecified atom stereocenters. The summed E-state index contributed by atoms with van der Waals surface area (Å²) in [5.41, 5.74) is 3.04. The Labute approximate surface area is 68.4 Å². The fraction of sp³-hybridized carbons (Fsp3) is 0.750. The van der Waals surface area contributed by atoms with Crippen LogP contribution in [0.25, 0.3) is 0 Å². The average molecular weight is 197 g/mol. The highest BCUT2D eigenvalue weighted by Crippen LogP contribution is 2.27. The molecule has 2 atom stereocenters. The number of hydrogen-bond acceptors (Lipinski definition) is 6. The molecule has 72 valence electrons. The van der Waals surface area contributed by atoms with Crippen molar-refractivity contribution in [3.05, 3.63) is 0 Å². The van der Waals surface area contributed by atoms with Crippen LogP contribution in [-0.2, 0) is 13.9 Å². The highest BCUT2D eigenvalue weighted by atomic mass is 31.2. The Hall–Kier alpha value is -0.460. The third-order valence-electron chi connectivity index (χ3n) is 1.16.